The van der Waals surface area contributed by atoms with E-state index in [2.05, 4.69) is 10.3 Å². The number of halogens is 3. The Morgan fingerprint density at radius 2 is 1.96 bits per heavy atom. The van der Waals surface area contributed by atoms with Crippen molar-refractivity contribution >= 4 is 79.7 Å². The summed E-state index contributed by atoms with van der Waals surface area (Å²) in [5.41, 5.74) is 0.784. The summed E-state index contributed by atoms with van der Waals surface area (Å²) in [5, 5.41) is 5.31. The highest BCUT2D eigenvalue weighted by Gasteiger charge is 2.20. The molecular formula is C16H12Cl3N3O2S2. The first-order valence-corrected chi connectivity index (χ1v) is 10.2. The molecule has 1 unspecified atom stereocenters. The third kappa shape index (κ3) is 3.87. The fourth-order valence-electron chi connectivity index (χ4n) is 2.17. The minimum Gasteiger partial charge on any atom is -0.323 e. The van der Waals surface area contributed by atoms with Crippen LogP contribution in [-0.2, 0) is 11.8 Å². The van der Waals surface area contributed by atoms with Crippen LogP contribution in [0.2, 0.25) is 15.1 Å². The number of nitrogens with zero attached hydrogens (tertiary/aromatic N) is 2. The lowest BCUT2D eigenvalue weighted by atomic mass is 10.3. The second kappa shape index (κ2) is 7.78. The highest BCUT2D eigenvalue weighted by Crippen LogP contribution is 2.34. The largest absolute Gasteiger partial charge is 0.323 e. The maximum absolute atomic E-state index is 12.5. The first-order chi connectivity index (χ1) is 12.3. The van der Waals surface area contributed by atoms with Gasteiger partial charge in [-0.2, -0.15) is 0 Å². The number of hydrogen-bond acceptors (Lipinski definition) is 5. The molecular weight excluding hydrogens is 437 g/mol. The summed E-state index contributed by atoms with van der Waals surface area (Å²) in [5.74, 6) is -0.319. The highest BCUT2D eigenvalue weighted by molar-refractivity contribution is 8.00. The number of thiophene rings is 1. The van der Waals surface area contributed by atoms with E-state index in [1.165, 1.54) is 39.8 Å². The molecule has 0 fully saturated rings. The van der Waals surface area contributed by atoms with Gasteiger partial charge in [0.25, 0.3) is 5.56 Å². The van der Waals surface area contributed by atoms with Crippen molar-refractivity contribution in [2.45, 2.75) is 17.3 Å². The number of rotatable bonds is 4. The average Bonchev–Trinajstić information content (AvgIpc) is 3.03. The number of anilines is 1. The SMILES string of the molecule is CC(Sc1nc2ccsc2c(=O)n1C)C(=O)Nc1c(Cl)cc(Cl)cc1Cl. The Labute approximate surface area is 172 Å². The second-order valence-corrected chi connectivity index (χ2v) is 8.86. The summed E-state index contributed by atoms with van der Waals surface area (Å²) in [6.07, 6.45) is 0. The highest BCUT2D eigenvalue weighted by atomic mass is 35.5. The van der Waals surface area contributed by atoms with Gasteiger partial charge in [-0.3, -0.25) is 14.2 Å². The van der Waals surface area contributed by atoms with E-state index in [0.29, 0.717) is 26.1 Å². The van der Waals surface area contributed by atoms with Crippen molar-refractivity contribution in [2.24, 2.45) is 7.05 Å². The third-order valence-electron chi connectivity index (χ3n) is 3.55. The van der Waals surface area contributed by atoms with E-state index in [0.717, 1.165) is 0 Å². The molecule has 2 aromatic heterocycles. The van der Waals surface area contributed by atoms with Crippen LogP contribution in [0.25, 0.3) is 10.2 Å². The monoisotopic (exact) mass is 447 g/mol. The van der Waals surface area contributed by atoms with E-state index < -0.39 is 5.25 Å². The van der Waals surface area contributed by atoms with Gasteiger partial charge in [-0.1, -0.05) is 46.6 Å². The van der Waals surface area contributed by atoms with Crippen LogP contribution in [0.3, 0.4) is 0 Å². The molecule has 0 radical (unpaired) electrons. The Morgan fingerprint density at radius 3 is 2.62 bits per heavy atom. The van der Waals surface area contributed by atoms with Crippen molar-refractivity contribution < 1.29 is 4.79 Å². The van der Waals surface area contributed by atoms with Crippen LogP contribution in [-0.4, -0.2) is 20.7 Å². The molecule has 26 heavy (non-hydrogen) atoms. The van der Waals surface area contributed by atoms with Crippen LogP contribution in [0.5, 0.6) is 0 Å². The summed E-state index contributed by atoms with van der Waals surface area (Å²) in [7, 11) is 1.63. The summed E-state index contributed by atoms with van der Waals surface area (Å²) in [6, 6.07) is 4.78. The number of amides is 1. The minimum atomic E-state index is -0.535. The third-order valence-corrected chi connectivity index (χ3v) is 6.40. The van der Waals surface area contributed by atoms with Crippen molar-refractivity contribution in [3.63, 3.8) is 0 Å². The predicted molar refractivity (Wildman–Crippen MR) is 110 cm³/mol. The molecule has 1 N–H and O–H groups in total. The molecule has 3 aromatic rings. The predicted octanol–water partition coefficient (Wildman–Crippen LogP) is 5.07. The van der Waals surface area contributed by atoms with E-state index in [1.54, 1.807) is 20.0 Å². The Morgan fingerprint density at radius 1 is 1.31 bits per heavy atom. The summed E-state index contributed by atoms with van der Waals surface area (Å²) in [6.45, 7) is 1.71. The number of carbonyl (C=O) groups is 1. The second-order valence-electron chi connectivity index (χ2n) is 5.39. The quantitative estimate of drug-likeness (QED) is 0.447. The molecule has 0 aliphatic heterocycles. The maximum Gasteiger partial charge on any atom is 0.271 e. The van der Waals surface area contributed by atoms with Crippen LogP contribution in [0.4, 0.5) is 5.69 Å². The molecule has 0 saturated carbocycles. The summed E-state index contributed by atoms with van der Waals surface area (Å²) < 4.78 is 2.03. The van der Waals surface area contributed by atoms with Crippen molar-refractivity contribution in [3.05, 3.63) is 49.0 Å². The van der Waals surface area contributed by atoms with Crippen molar-refractivity contribution in [3.8, 4) is 0 Å². The lowest BCUT2D eigenvalue weighted by molar-refractivity contribution is -0.115. The lowest BCUT2D eigenvalue weighted by Crippen LogP contribution is -2.25. The number of fused-ring (bicyclic) bond motifs is 1. The maximum atomic E-state index is 12.5. The van der Waals surface area contributed by atoms with Gasteiger partial charge in [-0.15, -0.1) is 11.3 Å². The Balaban J connectivity index is 1.82. The standard InChI is InChI=1S/C16H12Cl3N3O2S2/c1-7(14(23)21-12-9(18)5-8(17)6-10(12)19)26-16-20-11-3-4-25-13(11)15(24)22(16)2/h3-7H,1-2H3,(H,21,23). The van der Waals surface area contributed by atoms with Gasteiger partial charge in [0.05, 0.1) is 26.5 Å². The normalized spacial score (nSPS) is 12.3. The van der Waals surface area contributed by atoms with Crippen LogP contribution >= 0.6 is 57.9 Å². The van der Waals surface area contributed by atoms with Crippen molar-refractivity contribution in [1.29, 1.82) is 0 Å². The van der Waals surface area contributed by atoms with E-state index >= 15 is 0 Å². The van der Waals surface area contributed by atoms with E-state index in [9.17, 15) is 9.59 Å². The zero-order chi connectivity index (χ0) is 19.0. The number of carbonyl (C=O) groups excluding carboxylic acids is 1. The fraction of sp³-hybridized carbons (Fsp3) is 0.188. The van der Waals surface area contributed by atoms with E-state index in [1.807, 2.05) is 5.38 Å². The van der Waals surface area contributed by atoms with Gasteiger partial charge in [0.2, 0.25) is 5.91 Å². The molecule has 1 amide bonds. The first kappa shape index (κ1) is 19.5. The smallest absolute Gasteiger partial charge is 0.271 e. The number of thioether (sulfide) groups is 1. The van der Waals surface area contributed by atoms with Gasteiger partial charge in [-0.25, -0.2) is 4.98 Å². The van der Waals surface area contributed by atoms with Crippen molar-refractivity contribution in [1.82, 2.24) is 9.55 Å². The minimum absolute atomic E-state index is 0.135. The van der Waals surface area contributed by atoms with E-state index in [-0.39, 0.29) is 21.5 Å². The molecule has 1 aromatic carbocycles. The molecule has 2 heterocycles. The Bertz CT molecular complexity index is 1040. The first-order valence-electron chi connectivity index (χ1n) is 7.34. The summed E-state index contributed by atoms with van der Waals surface area (Å²) in [4.78, 5) is 29.3. The molecule has 1 atom stereocenters. The van der Waals surface area contributed by atoms with Gasteiger partial charge < -0.3 is 5.32 Å². The molecule has 0 saturated heterocycles. The molecule has 0 spiro atoms. The molecule has 136 valence electrons. The van der Waals surface area contributed by atoms with Gasteiger partial charge in [0.15, 0.2) is 5.16 Å². The number of aromatic nitrogens is 2. The molecule has 0 bridgehead atoms. The van der Waals surface area contributed by atoms with Crippen LogP contribution in [0.15, 0.2) is 33.5 Å². The van der Waals surface area contributed by atoms with Crippen LogP contribution in [0.1, 0.15) is 6.92 Å². The van der Waals surface area contributed by atoms with Gasteiger partial charge >= 0.3 is 0 Å². The Hall–Kier alpha value is -1.25. The number of nitrogens with one attached hydrogen (secondary N) is 1. The molecule has 0 aliphatic rings. The zero-order valence-electron chi connectivity index (χ0n) is 13.5. The molecule has 0 aliphatic carbocycles. The van der Waals surface area contributed by atoms with Gasteiger partial charge in [0, 0.05) is 12.1 Å². The zero-order valence-corrected chi connectivity index (χ0v) is 17.4. The average molecular weight is 449 g/mol. The van der Waals surface area contributed by atoms with Gasteiger partial charge in [-0.05, 0) is 30.5 Å². The van der Waals surface area contributed by atoms with E-state index in [4.69, 9.17) is 34.8 Å². The number of benzene rings is 1. The van der Waals surface area contributed by atoms with Crippen molar-refractivity contribution in [2.75, 3.05) is 5.32 Å². The molecule has 3 rings (SSSR count). The number of hydrogen-bond donors (Lipinski definition) is 1. The lowest BCUT2D eigenvalue weighted by Gasteiger charge is -2.15. The molecule has 5 nitrogen and oxygen atoms in total. The van der Waals surface area contributed by atoms with Crippen LogP contribution in [0, 0.1) is 0 Å². The molecule has 10 heteroatoms. The fourth-order valence-corrected chi connectivity index (χ4v) is 4.76. The topological polar surface area (TPSA) is 64.0 Å². The Kier molecular flexibility index (Phi) is 5.84. The van der Waals surface area contributed by atoms with Crippen LogP contribution < -0.4 is 10.9 Å². The summed E-state index contributed by atoms with van der Waals surface area (Å²) >= 11 is 20.6. The van der Waals surface area contributed by atoms with Gasteiger partial charge in [0.1, 0.15) is 4.70 Å².